The summed E-state index contributed by atoms with van der Waals surface area (Å²) in [6, 6.07) is 5.62. The summed E-state index contributed by atoms with van der Waals surface area (Å²) in [6.07, 6.45) is 2.60. The lowest BCUT2D eigenvalue weighted by Gasteiger charge is -2.09. The summed E-state index contributed by atoms with van der Waals surface area (Å²) in [5.41, 5.74) is 3.17. The monoisotopic (exact) mass is 215 g/mol. The SMILES string of the molecule is Cc1ccc(C#N)c(CC2=CCOC2)c1O. The zero-order chi connectivity index (χ0) is 11.5. The van der Waals surface area contributed by atoms with Gasteiger partial charge in [-0.3, -0.25) is 0 Å². The predicted octanol–water partition coefficient (Wildman–Crippen LogP) is 2.07. The molecule has 16 heavy (non-hydrogen) atoms. The summed E-state index contributed by atoms with van der Waals surface area (Å²) in [4.78, 5) is 0. The maximum Gasteiger partial charge on any atom is 0.123 e. The molecule has 0 radical (unpaired) electrons. The van der Waals surface area contributed by atoms with Gasteiger partial charge in [-0.25, -0.2) is 0 Å². The minimum Gasteiger partial charge on any atom is -0.507 e. The second-order valence-corrected chi connectivity index (χ2v) is 3.92. The van der Waals surface area contributed by atoms with Crippen LogP contribution in [-0.4, -0.2) is 18.3 Å². The summed E-state index contributed by atoms with van der Waals surface area (Å²) in [6.45, 7) is 3.06. The van der Waals surface area contributed by atoms with Gasteiger partial charge in [0.05, 0.1) is 24.8 Å². The van der Waals surface area contributed by atoms with E-state index < -0.39 is 0 Å². The molecule has 0 unspecified atom stereocenters. The average Bonchev–Trinajstić information content (AvgIpc) is 2.78. The third-order valence-corrected chi connectivity index (χ3v) is 2.79. The number of aryl methyl sites for hydroxylation is 1. The standard InChI is InChI=1S/C13H13NO2/c1-9-2-3-11(7-14)12(13(9)15)6-10-4-5-16-8-10/h2-4,15H,5-6,8H2,1H3. The van der Waals surface area contributed by atoms with E-state index >= 15 is 0 Å². The number of benzene rings is 1. The number of nitrogens with zero attached hydrogens (tertiary/aromatic N) is 1. The van der Waals surface area contributed by atoms with Crippen molar-refractivity contribution in [3.05, 3.63) is 40.5 Å². The maximum absolute atomic E-state index is 9.95. The molecule has 0 bridgehead atoms. The van der Waals surface area contributed by atoms with Crippen molar-refractivity contribution in [2.24, 2.45) is 0 Å². The van der Waals surface area contributed by atoms with E-state index in [0.29, 0.717) is 30.8 Å². The topological polar surface area (TPSA) is 53.2 Å². The molecule has 0 aliphatic carbocycles. The molecule has 1 aromatic rings. The molecule has 1 heterocycles. The van der Waals surface area contributed by atoms with Crippen molar-refractivity contribution >= 4 is 0 Å². The normalized spacial score (nSPS) is 14.6. The molecule has 3 nitrogen and oxygen atoms in total. The van der Waals surface area contributed by atoms with Crippen LogP contribution in [0.3, 0.4) is 0 Å². The third-order valence-electron chi connectivity index (χ3n) is 2.79. The highest BCUT2D eigenvalue weighted by molar-refractivity contribution is 5.51. The van der Waals surface area contributed by atoms with Crippen LogP contribution in [0.1, 0.15) is 16.7 Å². The Bertz CT molecular complexity index is 483. The number of phenolic OH excluding ortho intramolecular Hbond substituents is 1. The molecule has 3 heteroatoms. The summed E-state index contributed by atoms with van der Waals surface area (Å²) >= 11 is 0. The molecule has 0 spiro atoms. The van der Waals surface area contributed by atoms with E-state index in [1.807, 2.05) is 13.0 Å². The van der Waals surface area contributed by atoms with E-state index in [0.717, 1.165) is 11.1 Å². The second kappa shape index (κ2) is 4.38. The van der Waals surface area contributed by atoms with Crippen molar-refractivity contribution in [3.8, 4) is 11.8 Å². The quantitative estimate of drug-likeness (QED) is 0.768. The van der Waals surface area contributed by atoms with Crippen molar-refractivity contribution in [2.45, 2.75) is 13.3 Å². The van der Waals surface area contributed by atoms with Gasteiger partial charge in [-0.1, -0.05) is 12.1 Å². The lowest BCUT2D eigenvalue weighted by molar-refractivity contribution is 0.207. The Morgan fingerprint density at radius 2 is 2.31 bits per heavy atom. The zero-order valence-corrected chi connectivity index (χ0v) is 9.16. The fourth-order valence-corrected chi connectivity index (χ4v) is 1.81. The summed E-state index contributed by atoms with van der Waals surface area (Å²) in [5, 5.41) is 18.9. The molecular weight excluding hydrogens is 202 g/mol. The highest BCUT2D eigenvalue weighted by atomic mass is 16.5. The predicted molar refractivity (Wildman–Crippen MR) is 60.2 cm³/mol. The Balaban J connectivity index is 2.38. The first kappa shape index (κ1) is 10.7. The minimum atomic E-state index is 0.229. The molecule has 0 amide bonds. The Hall–Kier alpha value is -1.79. The van der Waals surface area contributed by atoms with Gasteiger partial charge < -0.3 is 9.84 Å². The van der Waals surface area contributed by atoms with Crippen LogP contribution in [-0.2, 0) is 11.2 Å². The molecule has 0 aromatic heterocycles. The fraction of sp³-hybridized carbons (Fsp3) is 0.308. The van der Waals surface area contributed by atoms with E-state index in [1.165, 1.54) is 0 Å². The largest absolute Gasteiger partial charge is 0.507 e. The van der Waals surface area contributed by atoms with Gasteiger partial charge in [-0.15, -0.1) is 0 Å². The van der Waals surface area contributed by atoms with Crippen molar-refractivity contribution in [3.63, 3.8) is 0 Å². The average molecular weight is 215 g/mol. The smallest absolute Gasteiger partial charge is 0.123 e. The van der Waals surface area contributed by atoms with Gasteiger partial charge in [-0.05, 0) is 24.1 Å². The van der Waals surface area contributed by atoms with Crippen LogP contribution in [0.5, 0.6) is 5.75 Å². The first-order chi connectivity index (χ1) is 7.72. The second-order valence-electron chi connectivity index (χ2n) is 3.92. The Morgan fingerprint density at radius 3 is 2.94 bits per heavy atom. The lowest BCUT2D eigenvalue weighted by Crippen LogP contribution is -1.98. The molecule has 2 rings (SSSR count). The van der Waals surface area contributed by atoms with Gasteiger partial charge in [0.1, 0.15) is 5.75 Å². The molecule has 1 aliphatic heterocycles. The van der Waals surface area contributed by atoms with Crippen LogP contribution in [0.2, 0.25) is 0 Å². The number of rotatable bonds is 2. The highest BCUT2D eigenvalue weighted by Gasteiger charge is 2.14. The van der Waals surface area contributed by atoms with Gasteiger partial charge in [0.25, 0.3) is 0 Å². The van der Waals surface area contributed by atoms with Crippen molar-refractivity contribution in [1.29, 1.82) is 5.26 Å². The van der Waals surface area contributed by atoms with Gasteiger partial charge >= 0.3 is 0 Å². The summed E-state index contributed by atoms with van der Waals surface area (Å²) in [5.74, 6) is 0.229. The lowest BCUT2D eigenvalue weighted by atomic mass is 9.97. The Morgan fingerprint density at radius 1 is 1.50 bits per heavy atom. The summed E-state index contributed by atoms with van der Waals surface area (Å²) < 4.78 is 5.22. The van der Waals surface area contributed by atoms with Gasteiger partial charge in [0.2, 0.25) is 0 Å². The first-order valence-electron chi connectivity index (χ1n) is 5.19. The van der Waals surface area contributed by atoms with Gasteiger partial charge in [0.15, 0.2) is 0 Å². The molecule has 0 fully saturated rings. The molecule has 0 saturated heterocycles. The number of nitriles is 1. The van der Waals surface area contributed by atoms with Crippen LogP contribution in [0.25, 0.3) is 0 Å². The zero-order valence-electron chi connectivity index (χ0n) is 9.16. The third kappa shape index (κ3) is 1.93. The summed E-state index contributed by atoms with van der Waals surface area (Å²) in [7, 11) is 0. The van der Waals surface area contributed by atoms with E-state index in [2.05, 4.69) is 6.07 Å². The Labute approximate surface area is 94.6 Å². The maximum atomic E-state index is 9.95. The molecular formula is C13H13NO2. The minimum absolute atomic E-state index is 0.229. The van der Waals surface area contributed by atoms with Crippen molar-refractivity contribution in [1.82, 2.24) is 0 Å². The van der Waals surface area contributed by atoms with Gasteiger partial charge in [0, 0.05) is 12.0 Å². The van der Waals surface area contributed by atoms with E-state index in [9.17, 15) is 5.11 Å². The van der Waals surface area contributed by atoms with E-state index in [1.54, 1.807) is 12.1 Å². The number of phenols is 1. The number of hydrogen-bond donors (Lipinski definition) is 1. The van der Waals surface area contributed by atoms with E-state index in [4.69, 9.17) is 10.00 Å². The molecule has 0 atom stereocenters. The van der Waals surface area contributed by atoms with Crippen molar-refractivity contribution < 1.29 is 9.84 Å². The molecule has 82 valence electrons. The van der Waals surface area contributed by atoms with Crippen LogP contribution in [0, 0.1) is 18.3 Å². The van der Waals surface area contributed by atoms with Crippen LogP contribution in [0.15, 0.2) is 23.8 Å². The molecule has 1 N–H and O–H groups in total. The molecule has 1 aromatic carbocycles. The first-order valence-corrected chi connectivity index (χ1v) is 5.19. The van der Waals surface area contributed by atoms with Gasteiger partial charge in [-0.2, -0.15) is 5.26 Å². The van der Waals surface area contributed by atoms with Crippen LogP contribution < -0.4 is 0 Å². The highest BCUT2D eigenvalue weighted by Crippen LogP contribution is 2.28. The molecule has 0 saturated carbocycles. The number of aromatic hydroxyl groups is 1. The molecule has 1 aliphatic rings. The van der Waals surface area contributed by atoms with E-state index in [-0.39, 0.29) is 5.75 Å². The number of hydrogen-bond acceptors (Lipinski definition) is 3. The number of ether oxygens (including phenoxy) is 1. The van der Waals surface area contributed by atoms with Crippen molar-refractivity contribution in [2.75, 3.05) is 13.2 Å². The van der Waals surface area contributed by atoms with Crippen LogP contribution in [0.4, 0.5) is 0 Å². The van der Waals surface area contributed by atoms with Crippen LogP contribution >= 0.6 is 0 Å². The Kier molecular flexibility index (Phi) is 2.93. The fourth-order valence-electron chi connectivity index (χ4n) is 1.81.